The van der Waals surface area contributed by atoms with E-state index in [4.69, 9.17) is 41.4 Å². The zero-order valence-corrected chi connectivity index (χ0v) is 82.8. The molecule has 3 amide bonds. The molecule has 7 N–H and O–H groups in total. The van der Waals surface area contributed by atoms with Gasteiger partial charge < -0.3 is 78.2 Å². The van der Waals surface area contributed by atoms with E-state index in [0.717, 1.165) is 105 Å². The third-order valence-corrected chi connectivity index (χ3v) is 31.9. The van der Waals surface area contributed by atoms with E-state index in [1.165, 1.54) is 11.1 Å². The van der Waals surface area contributed by atoms with Crippen LogP contribution in [0.15, 0.2) is 269 Å². The smallest absolute Gasteiger partial charge is 0.407 e. The largest absolute Gasteiger partial charge is 0.445 e. The lowest BCUT2D eigenvalue weighted by atomic mass is 10.2. The average Bonchev–Trinajstić information content (AvgIpc) is 0.783. The summed E-state index contributed by atoms with van der Waals surface area (Å²) in [5.41, 5.74) is 5.91. The van der Waals surface area contributed by atoms with Crippen molar-refractivity contribution in [1.82, 2.24) is 40.3 Å². The molecule has 2 unspecified atom stereocenters. The molecule has 8 aromatic rings. The number of benzene rings is 7. The van der Waals surface area contributed by atoms with Gasteiger partial charge in [0.15, 0.2) is 16.6 Å². The lowest BCUT2D eigenvalue weighted by molar-refractivity contribution is -0.0128. The Labute approximate surface area is 798 Å². The molecule has 134 heavy (non-hydrogen) atoms. The van der Waals surface area contributed by atoms with Crippen LogP contribution in [0.25, 0.3) is 42.5 Å². The molecule has 0 saturated carbocycles. The van der Waals surface area contributed by atoms with Crippen LogP contribution in [0.3, 0.4) is 0 Å². The fraction of sp³-hybridized carbons (Fsp3) is 0.415. The molecule has 2 atom stereocenters. The molecule has 7 aromatic carbocycles. The minimum atomic E-state index is -2.32. The molecule has 1 heterocycles. The fourth-order valence-corrected chi connectivity index (χ4v) is 28.0. The van der Waals surface area contributed by atoms with Crippen LogP contribution in [0.2, 0.25) is 51.4 Å². The first-order valence-corrected chi connectivity index (χ1v) is 56.3. The first-order valence-electron chi connectivity index (χ1n) is 47.3. The quantitative estimate of drug-likeness (QED) is 0.00806. The molecular weight excluding hydrogens is 1740 g/mol. The highest BCUT2D eigenvalue weighted by Crippen LogP contribution is 2.27. The molecule has 0 radical (unpaired) electrons. The molecule has 25 nitrogen and oxygen atoms in total. The van der Waals surface area contributed by atoms with Gasteiger partial charge >= 0.3 is 43.9 Å². The predicted octanol–water partition coefficient (Wildman–Crippen LogP) is 18.8. The number of nitrogens with one attached hydrogen (secondary N) is 5. The minimum absolute atomic E-state index is 0.156. The van der Waals surface area contributed by atoms with Gasteiger partial charge in [-0.2, -0.15) is 0 Å². The van der Waals surface area contributed by atoms with Gasteiger partial charge in [0, 0.05) is 72.2 Å². The Morgan fingerprint density at radius 2 is 0.552 bits per heavy atom. The van der Waals surface area contributed by atoms with Crippen LogP contribution in [-0.2, 0) is 61.0 Å². The van der Waals surface area contributed by atoms with Crippen LogP contribution < -0.4 is 43.7 Å². The zero-order valence-electron chi connectivity index (χ0n) is 79.8. The molecule has 1 aromatic heterocycles. The van der Waals surface area contributed by atoms with Crippen LogP contribution in [0.1, 0.15) is 129 Å². The van der Waals surface area contributed by atoms with Crippen LogP contribution in [0, 0.1) is 0 Å². The van der Waals surface area contributed by atoms with Gasteiger partial charge in [0.1, 0.15) is 32.0 Å². The Hall–Kier alpha value is -10.8. The van der Waals surface area contributed by atoms with Gasteiger partial charge in [-0.25, -0.2) is 42.5 Å². The SMILES string of the molecule is C(=C\c1ccccc1)/CNCNC/C=C/c1ccccc1.C[Si](C)(CCCOCC(O)COC/C=C/c1ccccc1)O[Si](C)(C)O[Si](C)(C)CCCOCC(O)COC/C=C/c1ccccc1.O=C(NCCCCCCn1c(=O)n(CCCCCCNC(=O)OC/C=C/c2ccccc2)c(=O)n(CCCCCCNC(=O)OC/C=C/c2ccccc2)c1=O)OC/C=C/c1ccccc1. The first kappa shape index (κ1) is 112. The normalized spacial score (nSPS) is 12.4. The van der Waals surface area contributed by atoms with E-state index >= 15 is 0 Å². The van der Waals surface area contributed by atoms with Gasteiger partial charge in [0.25, 0.3) is 0 Å². The van der Waals surface area contributed by atoms with Gasteiger partial charge in [0.2, 0.25) is 0 Å². The Bertz CT molecular complexity index is 4430. The maximum atomic E-state index is 13.6. The standard InChI is InChI=1S/C51H66N6O9.C36H60O8Si3.C19H22N2/c58-46(64-40-22-31-43-25-10-7-11-26-43)52-34-16-1-4-19-37-55-49(61)56(38-20-5-2-17-35-53-47(59)65-41-23-32-44-27-12-8-13-28-44)51(63)57(50(55)62)39-21-6-3-18-36-54-48(60)66-42-24-33-45-29-14-9-15-30-45;1-45(2,27-15-25-41-31-35(37)29-39-23-13-21-33-17-9-7-10-18-33)43-47(5,6)44-46(3,4)28-16-26-42-32-36(38)30-40-24-14-22-34-19-11-8-12-20-34;1-3-9-18(10-4-1)13-7-15-20-17-21-16-8-14-19-11-5-2-6-12-19/h7-15,22-33H,1-6,16-21,34-42H2,(H,52,58)(H,53,59)(H,54,60);7-14,17-22,35-38H,15-16,23-32H2,1-6H3;1-14,20-21H,15-17H2/b31-22+,32-23+,33-24+;21-13+,22-14+;13-7+,14-8+. The third-order valence-electron chi connectivity index (χ3n) is 20.4. The van der Waals surface area contributed by atoms with Crippen molar-refractivity contribution in [3.8, 4) is 0 Å². The van der Waals surface area contributed by atoms with E-state index in [9.17, 15) is 39.0 Å². The molecule has 0 aliphatic rings. The molecule has 0 saturated heterocycles. The highest BCUT2D eigenvalue weighted by atomic mass is 28.5. The number of aromatic nitrogens is 3. The summed E-state index contributed by atoms with van der Waals surface area (Å²) in [4.78, 5) is 77.0. The molecule has 0 bridgehead atoms. The van der Waals surface area contributed by atoms with Gasteiger partial charge in [-0.1, -0.05) is 318 Å². The Morgan fingerprint density at radius 1 is 0.313 bits per heavy atom. The number of nitrogens with zero attached hydrogens (tertiary/aromatic N) is 3. The fourth-order valence-electron chi connectivity index (χ4n) is 14.0. The lowest BCUT2D eigenvalue weighted by Crippen LogP contribution is -2.54. The Kier molecular flexibility index (Phi) is 58.4. The van der Waals surface area contributed by atoms with Crippen molar-refractivity contribution < 1.29 is 66.0 Å². The highest BCUT2D eigenvalue weighted by molar-refractivity contribution is 6.87. The maximum Gasteiger partial charge on any atom is 0.407 e. The first-order chi connectivity index (χ1) is 65.1. The number of carbonyl (C=O) groups is 3. The highest BCUT2D eigenvalue weighted by Gasteiger charge is 2.39. The minimum Gasteiger partial charge on any atom is -0.445 e. The number of hydrogen-bond donors (Lipinski definition) is 7. The van der Waals surface area contributed by atoms with Crippen molar-refractivity contribution in [2.24, 2.45) is 0 Å². The summed E-state index contributed by atoms with van der Waals surface area (Å²) in [6.45, 7) is 21.1. The van der Waals surface area contributed by atoms with Crippen LogP contribution in [-0.4, -0.2) is 192 Å². The second-order valence-electron chi connectivity index (χ2n) is 33.8. The number of unbranched alkanes of at least 4 members (excludes halogenated alkanes) is 9. The average molecular weight is 1890 g/mol. The number of carbonyl (C=O) groups excluding carboxylic acids is 3. The summed E-state index contributed by atoms with van der Waals surface area (Å²) >= 11 is 0. The summed E-state index contributed by atoms with van der Waals surface area (Å²) < 4.78 is 55.0. The van der Waals surface area contributed by atoms with E-state index in [-0.39, 0.29) is 65.9 Å². The summed E-state index contributed by atoms with van der Waals surface area (Å²) in [5, 5.41) is 35.2. The van der Waals surface area contributed by atoms with Crippen LogP contribution in [0.5, 0.6) is 0 Å². The number of ether oxygens (including phenoxy) is 7. The predicted molar refractivity (Wildman–Crippen MR) is 551 cm³/mol. The van der Waals surface area contributed by atoms with Crippen LogP contribution in [0.4, 0.5) is 14.4 Å². The van der Waals surface area contributed by atoms with E-state index in [2.05, 4.69) is 114 Å². The molecule has 28 heteroatoms. The second kappa shape index (κ2) is 69.9. The molecule has 726 valence electrons. The van der Waals surface area contributed by atoms with Crippen molar-refractivity contribution in [1.29, 1.82) is 0 Å². The van der Waals surface area contributed by atoms with Crippen molar-refractivity contribution in [2.45, 2.75) is 173 Å². The summed E-state index contributed by atoms with van der Waals surface area (Å²) in [5.74, 6) is 0. The van der Waals surface area contributed by atoms with Gasteiger partial charge in [-0.15, -0.1) is 0 Å². The van der Waals surface area contributed by atoms with Gasteiger partial charge in [-0.3, -0.25) is 0 Å². The molecule has 0 aliphatic carbocycles. The molecule has 0 fully saturated rings. The number of alkyl carbamates (subject to hydrolysis) is 3. The number of rotatable bonds is 64. The van der Waals surface area contributed by atoms with E-state index in [0.29, 0.717) is 104 Å². The maximum absolute atomic E-state index is 13.6. The third kappa shape index (κ3) is 55.1. The monoisotopic (exact) mass is 1890 g/mol. The van der Waals surface area contributed by atoms with E-state index in [1.807, 2.05) is 231 Å². The van der Waals surface area contributed by atoms with Crippen molar-refractivity contribution >= 4 is 86.0 Å². The summed E-state index contributed by atoms with van der Waals surface area (Å²) in [7, 11) is -6.21. The Morgan fingerprint density at radius 3 is 0.821 bits per heavy atom. The number of amides is 3. The zero-order chi connectivity index (χ0) is 95.9. The van der Waals surface area contributed by atoms with E-state index < -0.39 is 72.8 Å². The molecule has 0 spiro atoms. The van der Waals surface area contributed by atoms with E-state index in [1.54, 1.807) is 18.2 Å². The van der Waals surface area contributed by atoms with Crippen molar-refractivity contribution in [3.63, 3.8) is 0 Å². The molecule has 8 rings (SSSR count). The van der Waals surface area contributed by atoms with Crippen LogP contribution >= 0.6 is 0 Å². The summed E-state index contributed by atoms with van der Waals surface area (Å²) in [6, 6.07) is 71.9. The molecular formula is C106H148N8O17Si3. The van der Waals surface area contributed by atoms with Crippen molar-refractivity contribution in [3.05, 3.63) is 325 Å². The van der Waals surface area contributed by atoms with Gasteiger partial charge in [0.05, 0.1) is 39.6 Å². The molecule has 0 aliphatic heterocycles. The number of aliphatic hydroxyl groups is 2. The number of hydrogen-bond acceptors (Lipinski definition) is 19. The van der Waals surface area contributed by atoms with Crippen molar-refractivity contribution in [2.75, 3.05) is 112 Å². The number of aliphatic hydroxyl groups excluding tert-OH is 2. The Balaban J connectivity index is 0.000000350. The summed E-state index contributed by atoms with van der Waals surface area (Å²) in [6.07, 6.45) is 34.5. The van der Waals surface area contributed by atoms with Gasteiger partial charge in [-0.05, 0) is 160 Å². The second-order valence-corrected chi connectivity index (χ2v) is 46.2. The lowest BCUT2D eigenvalue weighted by Gasteiger charge is -2.38. The topological polar surface area (TPSA) is 301 Å².